The van der Waals surface area contributed by atoms with Crippen LogP contribution < -0.4 is 5.73 Å². The standard InChI is InChI=1S/C14H22Cl2N2/c1-4-7-18(10(2)3)14(9-17)12-8-11(15)5-6-13(12)16/h5-6,8,10,14H,4,7,9,17H2,1-3H3. The molecule has 0 heterocycles. The Morgan fingerprint density at radius 1 is 1.28 bits per heavy atom. The fraction of sp³-hybridized carbons (Fsp3) is 0.571. The molecule has 2 N–H and O–H groups in total. The van der Waals surface area contributed by atoms with Crippen molar-refractivity contribution in [2.45, 2.75) is 39.3 Å². The van der Waals surface area contributed by atoms with Gasteiger partial charge in [0.25, 0.3) is 0 Å². The van der Waals surface area contributed by atoms with Gasteiger partial charge in [-0.3, -0.25) is 4.90 Å². The van der Waals surface area contributed by atoms with Gasteiger partial charge in [-0.25, -0.2) is 0 Å². The highest BCUT2D eigenvalue weighted by molar-refractivity contribution is 6.33. The Morgan fingerprint density at radius 2 is 1.94 bits per heavy atom. The molecule has 2 nitrogen and oxygen atoms in total. The molecule has 0 aliphatic heterocycles. The van der Waals surface area contributed by atoms with E-state index in [-0.39, 0.29) is 6.04 Å². The Balaban J connectivity index is 3.10. The Bertz CT molecular complexity index is 380. The summed E-state index contributed by atoms with van der Waals surface area (Å²) in [6.45, 7) is 8.07. The van der Waals surface area contributed by atoms with Crippen molar-refractivity contribution in [1.29, 1.82) is 0 Å². The van der Waals surface area contributed by atoms with Crippen molar-refractivity contribution in [1.82, 2.24) is 4.90 Å². The van der Waals surface area contributed by atoms with Crippen molar-refractivity contribution in [3.63, 3.8) is 0 Å². The lowest BCUT2D eigenvalue weighted by Gasteiger charge is -2.35. The molecule has 0 aliphatic carbocycles. The van der Waals surface area contributed by atoms with Gasteiger partial charge in [-0.1, -0.05) is 30.1 Å². The SMILES string of the molecule is CCCN(C(C)C)C(CN)c1cc(Cl)ccc1Cl. The highest BCUT2D eigenvalue weighted by Gasteiger charge is 2.23. The fourth-order valence-electron chi connectivity index (χ4n) is 2.24. The zero-order chi connectivity index (χ0) is 13.7. The van der Waals surface area contributed by atoms with E-state index in [1.165, 1.54) is 0 Å². The molecule has 4 heteroatoms. The van der Waals surface area contributed by atoms with E-state index in [4.69, 9.17) is 28.9 Å². The quantitative estimate of drug-likeness (QED) is 0.853. The molecule has 0 saturated carbocycles. The number of rotatable bonds is 6. The molecule has 18 heavy (non-hydrogen) atoms. The highest BCUT2D eigenvalue weighted by atomic mass is 35.5. The third kappa shape index (κ3) is 3.86. The summed E-state index contributed by atoms with van der Waals surface area (Å²) < 4.78 is 0. The monoisotopic (exact) mass is 288 g/mol. The zero-order valence-corrected chi connectivity index (χ0v) is 12.8. The minimum absolute atomic E-state index is 0.121. The summed E-state index contributed by atoms with van der Waals surface area (Å²) in [6.07, 6.45) is 1.09. The lowest BCUT2D eigenvalue weighted by atomic mass is 10.0. The molecule has 0 amide bonds. The second-order valence-electron chi connectivity index (χ2n) is 4.75. The Morgan fingerprint density at radius 3 is 2.44 bits per heavy atom. The first kappa shape index (κ1) is 15.8. The van der Waals surface area contributed by atoms with E-state index >= 15 is 0 Å². The molecule has 1 unspecified atom stereocenters. The molecule has 0 fully saturated rings. The third-order valence-electron chi connectivity index (χ3n) is 3.09. The van der Waals surface area contributed by atoms with Gasteiger partial charge >= 0.3 is 0 Å². The van der Waals surface area contributed by atoms with Crippen molar-refractivity contribution in [3.05, 3.63) is 33.8 Å². The molecule has 0 aromatic heterocycles. The Labute approximate surface area is 120 Å². The predicted molar refractivity (Wildman–Crippen MR) is 80.4 cm³/mol. The van der Waals surface area contributed by atoms with Gasteiger partial charge in [0.05, 0.1) is 0 Å². The number of benzene rings is 1. The number of halogens is 2. The van der Waals surface area contributed by atoms with Crippen LogP contribution in [0.3, 0.4) is 0 Å². The van der Waals surface area contributed by atoms with Gasteiger partial charge in [-0.15, -0.1) is 0 Å². The first-order chi connectivity index (χ1) is 8.51. The number of hydrogen-bond donors (Lipinski definition) is 1. The van der Waals surface area contributed by atoms with E-state index in [0.717, 1.165) is 23.6 Å². The van der Waals surface area contributed by atoms with Gasteiger partial charge in [0.15, 0.2) is 0 Å². The van der Waals surface area contributed by atoms with E-state index in [9.17, 15) is 0 Å². The van der Waals surface area contributed by atoms with Crippen LogP contribution in [-0.2, 0) is 0 Å². The topological polar surface area (TPSA) is 29.3 Å². The van der Waals surface area contributed by atoms with Gasteiger partial charge in [0.2, 0.25) is 0 Å². The van der Waals surface area contributed by atoms with Crippen molar-refractivity contribution in [2.24, 2.45) is 5.73 Å². The van der Waals surface area contributed by atoms with Crippen LogP contribution in [-0.4, -0.2) is 24.0 Å². The second kappa shape index (κ2) is 7.34. The molecule has 1 rings (SSSR count). The van der Waals surface area contributed by atoms with E-state index in [0.29, 0.717) is 17.6 Å². The molecule has 102 valence electrons. The van der Waals surface area contributed by atoms with Crippen LogP contribution in [0.5, 0.6) is 0 Å². The van der Waals surface area contributed by atoms with Gasteiger partial charge < -0.3 is 5.73 Å². The van der Waals surface area contributed by atoms with E-state index < -0.39 is 0 Å². The van der Waals surface area contributed by atoms with Crippen LogP contribution in [0.2, 0.25) is 10.0 Å². The van der Waals surface area contributed by atoms with Crippen LogP contribution in [0.25, 0.3) is 0 Å². The summed E-state index contributed by atoms with van der Waals surface area (Å²) in [5.74, 6) is 0. The minimum atomic E-state index is 0.121. The molecule has 1 aromatic rings. The van der Waals surface area contributed by atoms with Crippen LogP contribution in [0.15, 0.2) is 18.2 Å². The van der Waals surface area contributed by atoms with Gasteiger partial charge in [-0.2, -0.15) is 0 Å². The van der Waals surface area contributed by atoms with E-state index in [1.807, 2.05) is 12.1 Å². The maximum absolute atomic E-state index is 6.28. The maximum atomic E-state index is 6.28. The summed E-state index contributed by atoms with van der Waals surface area (Å²) >= 11 is 12.3. The van der Waals surface area contributed by atoms with E-state index in [1.54, 1.807) is 6.07 Å². The average molecular weight is 289 g/mol. The number of nitrogens with two attached hydrogens (primary N) is 1. The second-order valence-corrected chi connectivity index (χ2v) is 5.59. The molecule has 0 saturated heterocycles. The van der Waals surface area contributed by atoms with Crippen LogP contribution in [0.1, 0.15) is 38.8 Å². The van der Waals surface area contributed by atoms with Crippen LogP contribution in [0.4, 0.5) is 0 Å². The van der Waals surface area contributed by atoms with Crippen molar-refractivity contribution in [2.75, 3.05) is 13.1 Å². The Kier molecular flexibility index (Phi) is 6.44. The summed E-state index contributed by atoms with van der Waals surface area (Å²) in [7, 11) is 0. The van der Waals surface area contributed by atoms with Crippen molar-refractivity contribution in [3.8, 4) is 0 Å². The molecule has 0 spiro atoms. The molecular formula is C14H22Cl2N2. The first-order valence-electron chi connectivity index (χ1n) is 6.42. The molecule has 1 aromatic carbocycles. The number of hydrogen-bond acceptors (Lipinski definition) is 2. The summed E-state index contributed by atoms with van der Waals surface area (Å²) in [5.41, 5.74) is 6.97. The molecule has 1 atom stereocenters. The zero-order valence-electron chi connectivity index (χ0n) is 11.3. The fourth-order valence-corrected chi connectivity index (χ4v) is 2.67. The molecule has 0 radical (unpaired) electrons. The number of nitrogens with zero attached hydrogens (tertiary/aromatic N) is 1. The lowest BCUT2D eigenvalue weighted by molar-refractivity contribution is 0.157. The predicted octanol–water partition coefficient (Wildman–Crippen LogP) is 4.11. The Hall–Kier alpha value is -0.280. The smallest absolute Gasteiger partial charge is 0.0488 e. The summed E-state index contributed by atoms with van der Waals surface area (Å²) in [5, 5.41) is 1.43. The normalized spacial score (nSPS) is 13.3. The largest absolute Gasteiger partial charge is 0.329 e. The lowest BCUT2D eigenvalue weighted by Crippen LogP contribution is -2.39. The summed E-state index contributed by atoms with van der Waals surface area (Å²) in [6, 6.07) is 6.11. The van der Waals surface area contributed by atoms with Crippen molar-refractivity contribution >= 4 is 23.2 Å². The van der Waals surface area contributed by atoms with Crippen LogP contribution >= 0.6 is 23.2 Å². The van der Waals surface area contributed by atoms with E-state index in [2.05, 4.69) is 25.7 Å². The van der Waals surface area contributed by atoms with Gasteiger partial charge in [-0.05, 0) is 50.6 Å². The van der Waals surface area contributed by atoms with Gasteiger partial charge in [0.1, 0.15) is 0 Å². The average Bonchev–Trinajstić information content (AvgIpc) is 2.33. The minimum Gasteiger partial charge on any atom is -0.329 e. The van der Waals surface area contributed by atoms with Crippen LogP contribution in [0, 0.1) is 0 Å². The summed E-state index contributed by atoms with van der Waals surface area (Å²) in [4.78, 5) is 2.37. The van der Waals surface area contributed by atoms with Crippen molar-refractivity contribution < 1.29 is 0 Å². The highest BCUT2D eigenvalue weighted by Crippen LogP contribution is 2.30. The third-order valence-corrected chi connectivity index (χ3v) is 3.67. The molecule has 0 aliphatic rings. The molecular weight excluding hydrogens is 267 g/mol. The first-order valence-corrected chi connectivity index (χ1v) is 7.17. The molecule has 0 bridgehead atoms. The maximum Gasteiger partial charge on any atom is 0.0488 e. The van der Waals surface area contributed by atoms with Gasteiger partial charge in [0, 0.05) is 28.7 Å².